The van der Waals surface area contributed by atoms with Crippen LogP contribution in [-0.4, -0.2) is 35.4 Å². The number of rotatable bonds is 8. The van der Waals surface area contributed by atoms with E-state index in [1.54, 1.807) is 35.2 Å². The summed E-state index contributed by atoms with van der Waals surface area (Å²) in [5.41, 5.74) is 2.46. The Morgan fingerprint density at radius 2 is 1.71 bits per heavy atom. The second-order valence-electron chi connectivity index (χ2n) is 8.21. The lowest BCUT2D eigenvalue weighted by Gasteiger charge is -2.21. The Labute approximate surface area is 202 Å². The monoisotopic (exact) mass is 477 g/mol. The van der Waals surface area contributed by atoms with Crippen LogP contribution >= 0.6 is 11.3 Å². The Kier molecular flexibility index (Phi) is 7.69. The minimum Gasteiger partial charge on any atom is -0.454 e. The fraction of sp³-hybridized carbons (Fsp3) is 0.308. The first kappa shape index (κ1) is 23.6. The molecule has 0 radical (unpaired) electrons. The summed E-state index contributed by atoms with van der Waals surface area (Å²) in [5.74, 6) is -1.41. The third-order valence-corrected chi connectivity index (χ3v) is 6.81. The molecule has 34 heavy (non-hydrogen) atoms. The van der Waals surface area contributed by atoms with Crippen molar-refractivity contribution in [2.45, 2.75) is 45.2 Å². The fourth-order valence-corrected chi connectivity index (χ4v) is 4.91. The number of hydrogen-bond donors (Lipinski definition) is 1. The highest BCUT2D eigenvalue weighted by Crippen LogP contribution is 2.32. The largest absolute Gasteiger partial charge is 0.454 e. The summed E-state index contributed by atoms with van der Waals surface area (Å²) in [6.07, 6.45) is 4.14. The first-order chi connectivity index (χ1) is 16.5. The van der Waals surface area contributed by atoms with E-state index in [4.69, 9.17) is 9.72 Å². The summed E-state index contributed by atoms with van der Waals surface area (Å²) < 4.78 is 5.28. The van der Waals surface area contributed by atoms with Gasteiger partial charge in [0.25, 0.3) is 11.8 Å². The molecule has 0 spiro atoms. The molecular weight excluding hydrogens is 450 g/mol. The predicted molar refractivity (Wildman–Crippen MR) is 131 cm³/mol. The van der Waals surface area contributed by atoms with Gasteiger partial charge in [-0.1, -0.05) is 48.5 Å². The Bertz CT molecular complexity index is 1120. The Balaban J connectivity index is 1.41. The van der Waals surface area contributed by atoms with Crippen LogP contribution in [0.3, 0.4) is 0 Å². The molecule has 1 aliphatic carbocycles. The quantitative estimate of drug-likeness (QED) is 0.497. The summed E-state index contributed by atoms with van der Waals surface area (Å²) in [4.78, 5) is 45.5. The third-order valence-electron chi connectivity index (χ3n) is 5.62. The molecule has 0 saturated heterocycles. The second kappa shape index (κ2) is 11.1. The zero-order valence-electron chi connectivity index (χ0n) is 19.0. The molecule has 1 N–H and O–H groups in total. The topological polar surface area (TPSA) is 88.6 Å². The number of fused-ring (bicyclic) bond motifs is 1. The smallest absolute Gasteiger partial charge is 0.328 e. The van der Waals surface area contributed by atoms with E-state index in [-0.39, 0.29) is 11.8 Å². The first-order valence-corrected chi connectivity index (χ1v) is 12.2. The number of amides is 2. The molecule has 0 aliphatic heterocycles. The van der Waals surface area contributed by atoms with Crippen molar-refractivity contribution in [2.24, 2.45) is 0 Å². The summed E-state index contributed by atoms with van der Waals surface area (Å²) >= 11 is 1.53. The molecule has 1 atom stereocenters. The first-order valence-electron chi connectivity index (χ1n) is 11.4. The standard InChI is InChI=1S/C26H27N3O4S/c1-18(27-24(31)20-12-6-3-7-13-20)25(32)33-17-23(30)29(16-19-10-4-2-5-11-19)26-28-21-14-8-9-15-22(21)34-26/h2-7,10-13,18H,8-9,14-17H2,1H3,(H,27,31)/t18-/m0/s1. The van der Waals surface area contributed by atoms with Gasteiger partial charge in [0.15, 0.2) is 11.7 Å². The highest BCUT2D eigenvalue weighted by molar-refractivity contribution is 7.15. The fourth-order valence-electron chi connectivity index (χ4n) is 3.75. The summed E-state index contributed by atoms with van der Waals surface area (Å²) in [6, 6.07) is 17.4. The van der Waals surface area contributed by atoms with Gasteiger partial charge in [0.1, 0.15) is 6.04 Å². The Morgan fingerprint density at radius 1 is 1.03 bits per heavy atom. The number of hydrogen-bond acceptors (Lipinski definition) is 6. The predicted octanol–water partition coefficient (Wildman–Crippen LogP) is 3.92. The summed E-state index contributed by atoms with van der Waals surface area (Å²) in [6.45, 7) is 1.44. The molecule has 0 saturated carbocycles. The maximum atomic E-state index is 13.2. The molecule has 3 aromatic rings. The molecule has 1 heterocycles. The van der Waals surface area contributed by atoms with Gasteiger partial charge in [-0.25, -0.2) is 9.78 Å². The number of carbonyl (C=O) groups excluding carboxylic acids is 3. The highest BCUT2D eigenvalue weighted by atomic mass is 32.1. The molecule has 0 fully saturated rings. The molecule has 8 heteroatoms. The van der Waals surface area contributed by atoms with Crippen molar-refractivity contribution >= 4 is 34.3 Å². The summed E-state index contributed by atoms with van der Waals surface area (Å²) in [5, 5.41) is 3.23. The lowest BCUT2D eigenvalue weighted by atomic mass is 10.0. The average Bonchev–Trinajstić information content (AvgIpc) is 3.30. The minimum atomic E-state index is -0.893. The van der Waals surface area contributed by atoms with Crippen molar-refractivity contribution in [3.05, 3.63) is 82.4 Å². The van der Waals surface area contributed by atoms with Crippen molar-refractivity contribution in [2.75, 3.05) is 11.5 Å². The van der Waals surface area contributed by atoms with Crippen molar-refractivity contribution in [1.29, 1.82) is 0 Å². The highest BCUT2D eigenvalue weighted by Gasteiger charge is 2.26. The molecule has 4 rings (SSSR count). The van der Waals surface area contributed by atoms with Crippen LogP contribution in [0.5, 0.6) is 0 Å². The Morgan fingerprint density at radius 3 is 2.41 bits per heavy atom. The number of aromatic nitrogens is 1. The minimum absolute atomic E-state index is 0.337. The number of ether oxygens (including phenoxy) is 1. The van der Waals surface area contributed by atoms with Crippen molar-refractivity contribution in [3.8, 4) is 0 Å². The van der Waals surface area contributed by atoms with Gasteiger partial charge < -0.3 is 10.1 Å². The zero-order valence-corrected chi connectivity index (χ0v) is 19.8. The maximum absolute atomic E-state index is 13.2. The number of thiazole rings is 1. The van der Waals surface area contributed by atoms with Crippen LogP contribution in [0.1, 0.15) is 46.3 Å². The molecule has 1 aromatic heterocycles. The maximum Gasteiger partial charge on any atom is 0.328 e. The number of nitrogens with zero attached hydrogens (tertiary/aromatic N) is 2. The van der Waals surface area contributed by atoms with Gasteiger partial charge in [-0.2, -0.15) is 0 Å². The van der Waals surface area contributed by atoms with E-state index in [1.165, 1.54) is 23.1 Å². The van der Waals surface area contributed by atoms with Gasteiger partial charge >= 0.3 is 5.97 Å². The molecular formula is C26H27N3O4S. The molecule has 2 amide bonds. The van der Waals surface area contributed by atoms with E-state index >= 15 is 0 Å². The van der Waals surface area contributed by atoms with Crippen LogP contribution in [-0.2, 0) is 33.7 Å². The van der Waals surface area contributed by atoms with Crippen molar-refractivity contribution < 1.29 is 19.1 Å². The van der Waals surface area contributed by atoms with Gasteiger partial charge in [0, 0.05) is 10.4 Å². The number of carbonyl (C=O) groups is 3. The second-order valence-corrected chi connectivity index (χ2v) is 9.27. The molecule has 2 aromatic carbocycles. The van der Waals surface area contributed by atoms with Gasteiger partial charge in [-0.3, -0.25) is 14.5 Å². The SMILES string of the molecule is C[C@H](NC(=O)c1ccccc1)C(=O)OCC(=O)N(Cc1ccccc1)c1nc2c(s1)CCCC2. The lowest BCUT2D eigenvalue weighted by molar-refractivity contribution is -0.149. The van der Waals surface area contributed by atoms with Gasteiger partial charge in [-0.15, -0.1) is 11.3 Å². The third kappa shape index (κ3) is 5.88. The van der Waals surface area contributed by atoms with E-state index in [0.717, 1.165) is 36.9 Å². The van der Waals surface area contributed by atoms with Gasteiger partial charge in [0.05, 0.1) is 12.2 Å². The lowest BCUT2D eigenvalue weighted by Crippen LogP contribution is -2.41. The number of aryl methyl sites for hydroxylation is 2. The van der Waals surface area contributed by atoms with Crippen LogP contribution < -0.4 is 10.2 Å². The van der Waals surface area contributed by atoms with Crippen LogP contribution in [0.25, 0.3) is 0 Å². The Hall–Kier alpha value is -3.52. The molecule has 0 unspecified atom stereocenters. The van der Waals surface area contributed by atoms with Crippen LogP contribution in [0.15, 0.2) is 60.7 Å². The van der Waals surface area contributed by atoms with E-state index in [1.807, 2.05) is 30.3 Å². The van der Waals surface area contributed by atoms with Gasteiger partial charge in [-0.05, 0) is 50.3 Å². The number of esters is 1. The number of benzene rings is 2. The van der Waals surface area contributed by atoms with Crippen LogP contribution in [0, 0.1) is 0 Å². The van der Waals surface area contributed by atoms with Gasteiger partial charge in [0.2, 0.25) is 0 Å². The van der Waals surface area contributed by atoms with Crippen molar-refractivity contribution in [1.82, 2.24) is 10.3 Å². The summed E-state index contributed by atoms with van der Waals surface area (Å²) in [7, 11) is 0. The normalized spacial score (nSPS) is 13.4. The molecule has 176 valence electrons. The van der Waals surface area contributed by atoms with E-state index < -0.39 is 18.6 Å². The molecule has 0 bridgehead atoms. The van der Waals surface area contributed by atoms with Crippen LogP contribution in [0.2, 0.25) is 0 Å². The number of anilines is 1. The average molecular weight is 478 g/mol. The van der Waals surface area contributed by atoms with E-state index in [0.29, 0.717) is 17.2 Å². The van der Waals surface area contributed by atoms with Crippen molar-refractivity contribution in [3.63, 3.8) is 0 Å². The van der Waals surface area contributed by atoms with E-state index in [9.17, 15) is 14.4 Å². The zero-order chi connectivity index (χ0) is 23.9. The molecule has 1 aliphatic rings. The van der Waals surface area contributed by atoms with Crippen LogP contribution in [0.4, 0.5) is 5.13 Å². The van der Waals surface area contributed by atoms with E-state index in [2.05, 4.69) is 5.32 Å². The number of nitrogens with one attached hydrogen (secondary N) is 1. The molecule has 7 nitrogen and oxygen atoms in total.